The van der Waals surface area contributed by atoms with Crippen molar-refractivity contribution in [1.82, 2.24) is 14.8 Å². The summed E-state index contributed by atoms with van der Waals surface area (Å²) in [6.07, 6.45) is 7.75. The van der Waals surface area contributed by atoms with Crippen molar-refractivity contribution in [3.05, 3.63) is 78.4 Å². The maximum absolute atomic E-state index is 13.3. The number of aromatic nitrogens is 3. The third kappa shape index (κ3) is 3.52. The number of anilines is 1. The number of hydrogen-bond acceptors (Lipinski definition) is 3. The lowest BCUT2D eigenvalue weighted by atomic mass is 10.1. The molecule has 0 atom stereocenters. The Morgan fingerprint density at radius 3 is 2.42 bits per heavy atom. The zero-order chi connectivity index (χ0) is 17.8. The first-order valence-electron chi connectivity index (χ1n) is 9.11. The van der Waals surface area contributed by atoms with Crippen LogP contribution in [-0.2, 0) is 6.54 Å². The highest BCUT2D eigenvalue weighted by Crippen LogP contribution is 2.29. The summed E-state index contributed by atoms with van der Waals surface area (Å²) in [4.78, 5) is 19.2. The minimum atomic E-state index is 0.0791. The van der Waals surface area contributed by atoms with E-state index in [1.54, 1.807) is 11.0 Å². The second kappa shape index (κ2) is 7.52. The topological polar surface area (TPSA) is 51.0 Å². The van der Waals surface area contributed by atoms with Crippen LogP contribution in [0.15, 0.2) is 67.3 Å². The van der Waals surface area contributed by atoms with Crippen LogP contribution >= 0.6 is 0 Å². The molecule has 1 heterocycles. The van der Waals surface area contributed by atoms with Gasteiger partial charge >= 0.3 is 0 Å². The number of amides is 1. The highest BCUT2D eigenvalue weighted by atomic mass is 16.2. The van der Waals surface area contributed by atoms with E-state index in [1.165, 1.54) is 19.2 Å². The third-order valence-electron chi connectivity index (χ3n) is 4.96. The average Bonchev–Trinajstić information content (AvgIpc) is 3.38. The standard InChI is InChI=1S/C21H22N4O/c26-21(18-12-10-17(11-13-18)14-24-16-22-15-23-24)25(20-8-4-5-9-20)19-6-2-1-3-7-19/h1-3,6-7,10-13,15-16,20H,4-5,8-9,14H2. The molecule has 0 spiro atoms. The quantitative estimate of drug-likeness (QED) is 0.704. The van der Waals surface area contributed by atoms with Gasteiger partial charge in [0.2, 0.25) is 0 Å². The number of para-hydroxylation sites is 1. The number of hydrogen-bond donors (Lipinski definition) is 0. The van der Waals surface area contributed by atoms with Crippen molar-refractivity contribution in [2.45, 2.75) is 38.3 Å². The molecule has 5 nitrogen and oxygen atoms in total. The summed E-state index contributed by atoms with van der Waals surface area (Å²) in [5, 5.41) is 4.12. The molecule has 0 saturated heterocycles. The number of benzene rings is 2. The molecule has 26 heavy (non-hydrogen) atoms. The Labute approximate surface area is 153 Å². The van der Waals surface area contributed by atoms with Crippen LogP contribution in [-0.4, -0.2) is 26.7 Å². The van der Waals surface area contributed by atoms with Crippen LogP contribution in [0.4, 0.5) is 5.69 Å². The Kier molecular flexibility index (Phi) is 4.78. The van der Waals surface area contributed by atoms with Gasteiger partial charge in [-0.2, -0.15) is 5.10 Å². The molecule has 5 heteroatoms. The van der Waals surface area contributed by atoms with Crippen molar-refractivity contribution in [2.75, 3.05) is 4.90 Å². The van der Waals surface area contributed by atoms with E-state index in [9.17, 15) is 4.79 Å². The van der Waals surface area contributed by atoms with Crippen LogP contribution < -0.4 is 4.90 Å². The zero-order valence-electron chi connectivity index (χ0n) is 14.7. The fourth-order valence-electron chi connectivity index (χ4n) is 3.64. The SMILES string of the molecule is O=C(c1ccc(Cn2cncn2)cc1)N(c1ccccc1)C1CCCC1. The Balaban J connectivity index is 1.57. The molecule has 0 radical (unpaired) electrons. The number of carbonyl (C=O) groups excluding carboxylic acids is 1. The van der Waals surface area contributed by atoms with E-state index >= 15 is 0 Å². The van der Waals surface area contributed by atoms with Gasteiger partial charge in [-0.25, -0.2) is 9.67 Å². The fraction of sp³-hybridized carbons (Fsp3) is 0.286. The van der Waals surface area contributed by atoms with E-state index in [2.05, 4.69) is 10.1 Å². The van der Waals surface area contributed by atoms with Gasteiger partial charge in [-0.15, -0.1) is 0 Å². The molecule has 1 aliphatic rings. The molecule has 1 aromatic heterocycles. The van der Waals surface area contributed by atoms with Crippen LogP contribution in [0.1, 0.15) is 41.6 Å². The fourth-order valence-corrected chi connectivity index (χ4v) is 3.64. The van der Waals surface area contributed by atoms with Crippen LogP contribution in [0.5, 0.6) is 0 Å². The molecule has 132 valence electrons. The molecule has 2 aromatic carbocycles. The first-order chi connectivity index (χ1) is 12.8. The van der Waals surface area contributed by atoms with Gasteiger partial charge in [0.25, 0.3) is 5.91 Å². The minimum absolute atomic E-state index is 0.0791. The monoisotopic (exact) mass is 346 g/mol. The van der Waals surface area contributed by atoms with E-state index in [-0.39, 0.29) is 5.91 Å². The lowest BCUT2D eigenvalue weighted by molar-refractivity contribution is 0.0977. The van der Waals surface area contributed by atoms with Crippen molar-refractivity contribution < 1.29 is 4.79 Å². The molecule has 1 fully saturated rings. The van der Waals surface area contributed by atoms with Crippen molar-refractivity contribution in [3.8, 4) is 0 Å². The van der Waals surface area contributed by atoms with Gasteiger partial charge in [-0.1, -0.05) is 43.2 Å². The summed E-state index contributed by atoms with van der Waals surface area (Å²) in [5.74, 6) is 0.0791. The van der Waals surface area contributed by atoms with Gasteiger partial charge in [0, 0.05) is 17.3 Å². The van der Waals surface area contributed by atoms with Gasteiger partial charge in [0.05, 0.1) is 6.54 Å². The van der Waals surface area contributed by atoms with E-state index in [1.807, 2.05) is 59.5 Å². The Hall–Kier alpha value is -2.95. The van der Waals surface area contributed by atoms with Crippen LogP contribution in [0.2, 0.25) is 0 Å². The third-order valence-corrected chi connectivity index (χ3v) is 4.96. The largest absolute Gasteiger partial charge is 0.305 e. The second-order valence-corrected chi connectivity index (χ2v) is 6.74. The molecule has 1 saturated carbocycles. The predicted molar refractivity (Wildman–Crippen MR) is 101 cm³/mol. The molecule has 1 amide bonds. The smallest absolute Gasteiger partial charge is 0.258 e. The molecule has 1 aliphatic carbocycles. The Morgan fingerprint density at radius 1 is 1.04 bits per heavy atom. The van der Waals surface area contributed by atoms with Crippen molar-refractivity contribution in [3.63, 3.8) is 0 Å². The molecule has 0 N–H and O–H groups in total. The first kappa shape index (κ1) is 16.5. The van der Waals surface area contributed by atoms with Gasteiger partial charge in [-0.3, -0.25) is 4.79 Å². The van der Waals surface area contributed by atoms with E-state index in [4.69, 9.17) is 0 Å². The highest BCUT2D eigenvalue weighted by molar-refractivity contribution is 6.06. The molecular weight excluding hydrogens is 324 g/mol. The maximum atomic E-state index is 13.3. The van der Waals surface area contributed by atoms with Crippen LogP contribution in [0.25, 0.3) is 0 Å². The summed E-state index contributed by atoms with van der Waals surface area (Å²) < 4.78 is 1.77. The summed E-state index contributed by atoms with van der Waals surface area (Å²) >= 11 is 0. The van der Waals surface area contributed by atoms with Crippen molar-refractivity contribution >= 4 is 11.6 Å². The Bertz CT molecular complexity index is 837. The molecule has 0 aliphatic heterocycles. The normalized spacial score (nSPS) is 14.5. The van der Waals surface area contributed by atoms with Gasteiger partial charge in [-0.05, 0) is 42.7 Å². The summed E-state index contributed by atoms with van der Waals surface area (Å²) in [7, 11) is 0. The lowest BCUT2D eigenvalue weighted by Crippen LogP contribution is -2.39. The molecule has 3 aromatic rings. The number of carbonyl (C=O) groups is 1. The van der Waals surface area contributed by atoms with E-state index in [0.717, 1.165) is 29.7 Å². The predicted octanol–water partition coefficient (Wildman–Crippen LogP) is 3.92. The zero-order valence-corrected chi connectivity index (χ0v) is 14.7. The van der Waals surface area contributed by atoms with Gasteiger partial charge in [0.1, 0.15) is 12.7 Å². The highest BCUT2D eigenvalue weighted by Gasteiger charge is 2.28. The molecule has 0 bridgehead atoms. The second-order valence-electron chi connectivity index (χ2n) is 6.74. The summed E-state index contributed by atoms with van der Waals surface area (Å²) in [5.41, 5.74) is 2.80. The maximum Gasteiger partial charge on any atom is 0.258 e. The van der Waals surface area contributed by atoms with E-state index < -0.39 is 0 Å². The lowest BCUT2D eigenvalue weighted by Gasteiger charge is -2.29. The average molecular weight is 346 g/mol. The van der Waals surface area contributed by atoms with E-state index in [0.29, 0.717) is 12.6 Å². The molecule has 0 unspecified atom stereocenters. The summed E-state index contributed by atoms with van der Waals surface area (Å²) in [6, 6.07) is 18.1. The van der Waals surface area contributed by atoms with Crippen LogP contribution in [0.3, 0.4) is 0 Å². The Morgan fingerprint density at radius 2 is 1.77 bits per heavy atom. The van der Waals surface area contributed by atoms with Gasteiger partial charge in [0.15, 0.2) is 0 Å². The minimum Gasteiger partial charge on any atom is -0.305 e. The first-order valence-corrected chi connectivity index (χ1v) is 9.11. The van der Waals surface area contributed by atoms with Crippen molar-refractivity contribution in [1.29, 1.82) is 0 Å². The van der Waals surface area contributed by atoms with Gasteiger partial charge < -0.3 is 4.90 Å². The summed E-state index contributed by atoms with van der Waals surface area (Å²) in [6.45, 7) is 0.652. The number of rotatable bonds is 5. The molecular formula is C21H22N4O. The molecule has 4 rings (SSSR count). The van der Waals surface area contributed by atoms with Crippen molar-refractivity contribution in [2.24, 2.45) is 0 Å². The number of nitrogens with zero attached hydrogens (tertiary/aromatic N) is 4. The van der Waals surface area contributed by atoms with Crippen LogP contribution in [0, 0.1) is 0 Å².